The molecule has 1 amide bonds. The first-order valence-electron chi connectivity index (χ1n) is 4.92. The average molecular weight is 329 g/mol. The first-order valence-corrected chi connectivity index (χ1v) is 7.67. The van der Waals surface area contributed by atoms with Crippen molar-refractivity contribution in [1.29, 1.82) is 0 Å². The lowest BCUT2D eigenvalue weighted by Gasteiger charge is -2.15. The van der Waals surface area contributed by atoms with E-state index in [1.165, 1.54) is 0 Å². The van der Waals surface area contributed by atoms with Crippen molar-refractivity contribution in [3.8, 4) is 0 Å². The Kier molecular flexibility index (Phi) is 3.78. The van der Waals surface area contributed by atoms with Gasteiger partial charge in [0.1, 0.15) is 5.38 Å². The minimum atomic E-state index is -3.89. The van der Waals surface area contributed by atoms with E-state index in [0.29, 0.717) is 14.9 Å². The molecular weight excluding hydrogens is 321 g/mol. The van der Waals surface area contributed by atoms with E-state index in [0.717, 1.165) is 0 Å². The highest BCUT2D eigenvalue weighted by molar-refractivity contribution is 7.92. The fourth-order valence-corrected chi connectivity index (χ4v) is 4.01. The van der Waals surface area contributed by atoms with Crippen LogP contribution in [0, 0.1) is 0 Å². The Morgan fingerprint density at radius 1 is 1.17 bits per heavy atom. The SMILES string of the molecule is O=C1C(Cl)C(Cl)S(=O)(=O)N1Cc1ccc(Cl)cc1. The van der Waals surface area contributed by atoms with E-state index in [2.05, 4.69) is 0 Å². The molecule has 8 heteroatoms. The summed E-state index contributed by atoms with van der Waals surface area (Å²) in [5.74, 6) is -0.702. The minimum Gasteiger partial charge on any atom is -0.272 e. The van der Waals surface area contributed by atoms with E-state index < -0.39 is 26.0 Å². The van der Waals surface area contributed by atoms with Gasteiger partial charge in [-0.2, -0.15) is 0 Å². The van der Waals surface area contributed by atoms with Crippen LogP contribution >= 0.6 is 34.8 Å². The maximum absolute atomic E-state index is 11.8. The van der Waals surface area contributed by atoms with Crippen LogP contribution < -0.4 is 0 Å². The predicted octanol–water partition coefficient (Wildman–Crippen LogP) is 2.18. The molecule has 1 aliphatic rings. The summed E-state index contributed by atoms with van der Waals surface area (Å²) in [5, 5.41) is -0.719. The Bertz CT molecular complexity index is 573. The zero-order chi connectivity index (χ0) is 13.5. The standard InChI is InChI=1S/C10H8Cl3NO3S/c11-7-3-1-6(2-4-7)5-14-10(15)8(12)9(13)18(14,16)17/h1-4,8-9H,5H2. The lowest BCUT2D eigenvalue weighted by molar-refractivity contribution is -0.125. The average Bonchev–Trinajstić information content (AvgIpc) is 2.47. The summed E-state index contributed by atoms with van der Waals surface area (Å²) in [6, 6.07) is 6.49. The Morgan fingerprint density at radius 3 is 2.17 bits per heavy atom. The number of alkyl halides is 2. The molecule has 0 aliphatic carbocycles. The van der Waals surface area contributed by atoms with E-state index in [4.69, 9.17) is 34.8 Å². The highest BCUT2D eigenvalue weighted by atomic mass is 35.5. The molecule has 0 saturated carbocycles. The fraction of sp³-hybridized carbons (Fsp3) is 0.300. The molecule has 1 aliphatic heterocycles. The van der Waals surface area contributed by atoms with Gasteiger partial charge in [0.2, 0.25) is 0 Å². The molecule has 1 aromatic carbocycles. The quantitative estimate of drug-likeness (QED) is 0.782. The number of carbonyl (C=O) groups excluding carboxylic acids is 1. The molecule has 0 bridgehead atoms. The molecule has 1 aromatic rings. The number of benzene rings is 1. The van der Waals surface area contributed by atoms with Crippen LogP contribution in [0.3, 0.4) is 0 Å². The lowest BCUT2D eigenvalue weighted by Crippen LogP contribution is -2.30. The van der Waals surface area contributed by atoms with Crippen LogP contribution in [0.5, 0.6) is 0 Å². The number of hydrogen-bond acceptors (Lipinski definition) is 3. The summed E-state index contributed by atoms with van der Waals surface area (Å²) in [5.41, 5.74) is 0.631. The molecule has 2 rings (SSSR count). The molecular formula is C10H8Cl3NO3S. The molecule has 2 atom stereocenters. The van der Waals surface area contributed by atoms with Gasteiger partial charge in [-0.3, -0.25) is 4.79 Å². The van der Waals surface area contributed by atoms with Crippen LogP contribution in [-0.2, 0) is 21.4 Å². The number of nitrogens with zero attached hydrogens (tertiary/aromatic N) is 1. The summed E-state index contributed by atoms with van der Waals surface area (Å²) in [7, 11) is -3.89. The minimum absolute atomic E-state index is 0.0925. The smallest absolute Gasteiger partial charge is 0.257 e. The van der Waals surface area contributed by atoms with Crippen molar-refractivity contribution in [3.63, 3.8) is 0 Å². The maximum Gasteiger partial charge on any atom is 0.257 e. The number of sulfonamides is 1. The number of rotatable bonds is 2. The van der Waals surface area contributed by atoms with Gasteiger partial charge in [-0.05, 0) is 17.7 Å². The van der Waals surface area contributed by atoms with Crippen LogP contribution in [0.2, 0.25) is 5.02 Å². The fourth-order valence-electron chi connectivity index (χ4n) is 1.57. The third-order valence-electron chi connectivity index (χ3n) is 2.54. The van der Waals surface area contributed by atoms with E-state index in [-0.39, 0.29) is 6.54 Å². The second-order valence-electron chi connectivity index (χ2n) is 3.77. The monoisotopic (exact) mass is 327 g/mol. The first-order chi connectivity index (χ1) is 8.34. The van der Waals surface area contributed by atoms with Gasteiger partial charge in [-0.1, -0.05) is 23.7 Å². The number of carbonyl (C=O) groups is 1. The second-order valence-corrected chi connectivity index (χ2v) is 7.38. The van der Waals surface area contributed by atoms with Gasteiger partial charge in [0.25, 0.3) is 15.9 Å². The highest BCUT2D eigenvalue weighted by Gasteiger charge is 2.50. The second kappa shape index (κ2) is 4.89. The zero-order valence-electron chi connectivity index (χ0n) is 8.89. The van der Waals surface area contributed by atoms with E-state index >= 15 is 0 Å². The van der Waals surface area contributed by atoms with Crippen LogP contribution in [0.1, 0.15) is 5.56 Å². The summed E-state index contributed by atoms with van der Waals surface area (Å²) in [6.07, 6.45) is 0. The van der Waals surface area contributed by atoms with Gasteiger partial charge in [-0.15, -0.1) is 23.2 Å². The molecule has 0 radical (unpaired) electrons. The molecule has 0 N–H and O–H groups in total. The molecule has 1 saturated heterocycles. The Hall–Kier alpha value is -0.490. The molecule has 0 spiro atoms. The molecule has 1 fully saturated rings. The van der Waals surface area contributed by atoms with Gasteiger partial charge >= 0.3 is 0 Å². The Balaban J connectivity index is 2.29. The lowest BCUT2D eigenvalue weighted by atomic mass is 10.2. The molecule has 98 valence electrons. The van der Waals surface area contributed by atoms with Crippen molar-refractivity contribution >= 4 is 50.7 Å². The first kappa shape index (κ1) is 13.9. The largest absolute Gasteiger partial charge is 0.272 e. The molecule has 18 heavy (non-hydrogen) atoms. The number of hydrogen-bond donors (Lipinski definition) is 0. The van der Waals surface area contributed by atoms with Crippen LogP contribution in [0.4, 0.5) is 0 Å². The summed E-state index contributed by atoms with van der Waals surface area (Å²) < 4.78 is 23.0. The molecule has 2 unspecified atom stereocenters. The molecule has 4 nitrogen and oxygen atoms in total. The van der Waals surface area contributed by atoms with E-state index in [9.17, 15) is 13.2 Å². The summed E-state index contributed by atoms with van der Waals surface area (Å²) >= 11 is 17.0. The predicted molar refractivity (Wildman–Crippen MR) is 70.2 cm³/mol. The topological polar surface area (TPSA) is 54.5 Å². The van der Waals surface area contributed by atoms with Gasteiger partial charge in [0.15, 0.2) is 4.71 Å². The van der Waals surface area contributed by atoms with Crippen LogP contribution in [0.15, 0.2) is 24.3 Å². The Morgan fingerprint density at radius 2 is 1.72 bits per heavy atom. The van der Waals surface area contributed by atoms with Crippen molar-refractivity contribution in [3.05, 3.63) is 34.9 Å². The third-order valence-corrected chi connectivity index (χ3v) is 6.20. The van der Waals surface area contributed by atoms with Gasteiger partial charge < -0.3 is 0 Å². The van der Waals surface area contributed by atoms with Crippen molar-refractivity contribution in [2.45, 2.75) is 16.6 Å². The van der Waals surface area contributed by atoms with E-state index in [1.807, 2.05) is 0 Å². The molecule has 1 heterocycles. The Labute approximate surface area is 119 Å². The number of halogens is 3. The third kappa shape index (κ3) is 2.32. The van der Waals surface area contributed by atoms with Crippen molar-refractivity contribution in [1.82, 2.24) is 4.31 Å². The van der Waals surface area contributed by atoms with Crippen LogP contribution in [0.25, 0.3) is 0 Å². The van der Waals surface area contributed by atoms with Crippen LogP contribution in [-0.4, -0.2) is 28.7 Å². The van der Waals surface area contributed by atoms with Gasteiger partial charge in [0, 0.05) is 5.02 Å². The van der Waals surface area contributed by atoms with Crippen molar-refractivity contribution in [2.75, 3.05) is 0 Å². The van der Waals surface area contributed by atoms with Gasteiger partial charge in [-0.25, -0.2) is 12.7 Å². The van der Waals surface area contributed by atoms with Gasteiger partial charge in [0.05, 0.1) is 6.54 Å². The van der Waals surface area contributed by atoms with Crippen molar-refractivity contribution < 1.29 is 13.2 Å². The molecule has 0 aromatic heterocycles. The number of amides is 1. The summed E-state index contributed by atoms with van der Waals surface area (Å²) in [4.78, 5) is 11.7. The van der Waals surface area contributed by atoms with E-state index in [1.54, 1.807) is 24.3 Å². The van der Waals surface area contributed by atoms with Crippen molar-refractivity contribution in [2.24, 2.45) is 0 Å². The maximum atomic E-state index is 11.8. The zero-order valence-corrected chi connectivity index (χ0v) is 12.0. The highest BCUT2D eigenvalue weighted by Crippen LogP contribution is 2.31. The normalized spacial score (nSPS) is 26.6. The summed E-state index contributed by atoms with van der Waals surface area (Å²) in [6.45, 7) is -0.0925.